The van der Waals surface area contributed by atoms with Crippen LogP contribution in [0.5, 0.6) is 0 Å². The second-order valence-corrected chi connectivity index (χ2v) is 5.58. The van der Waals surface area contributed by atoms with Crippen molar-refractivity contribution in [2.24, 2.45) is 5.92 Å². The van der Waals surface area contributed by atoms with E-state index >= 15 is 0 Å². The molecule has 0 saturated heterocycles. The average Bonchev–Trinajstić information content (AvgIpc) is 3.12. The normalized spacial score (nSPS) is 15.4. The molecule has 4 nitrogen and oxygen atoms in total. The van der Waals surface area contributed by atoms with Crippen LogP contribution in [-0.4, -0.2) is 38.8 Å². The number of furan rings is 1. The number of likely N-dealkylation sites (N-methyl/N-ethyl adjacent to an activating group) is 1. The molecule has 0 aromatic carbocycles. The van der Waals surface area contributed by atoms with Gasteiger partial charge in [0.2, 0.25) is 0 Å². The van der Waals surface area contributed by atoms with Crippen LogP contribution in [0.25, 0.3) is 0 Å². The van der Waals surface area contributed by atoms with Crippen LogP contribution < -0.4 is 5.32 Å². The highest BCUT2D eigenvalue weighted by molar-refractivity contribution is 5.20. The maximum atomic E-state index is 5.70. The van der Waals surface area contributed by atoms with Crippen molar-refractivity contribution < 1.29 is 9.15 Å². The minimum atomic E-state index is 0.787. The number of rotatable bonds is 9. The van der Waals surface area contributed by atoms with Gasteiger partial charge in [-0.2, -0.15) is 0 Å². The Morgan fingerprint density at radius 2 is 2.26 bits per heavy atom. The second-order valence-electron chi connectivity index (χ2n) is 5.58. The van der Waals surface area contributed by atoms with Gasteiger partial charge in [0.1, 0.15) is 11.5 Å². The topological polar surface area (TPSA) is 37.6 Å². The van der Waals surface area contributed by atoms with Gasteiger partial charge in [-0.15, -0.1) is 0 Å². The van der Waals surface area contributed by atoms with Crippen molar-refractivity contribution in [3.63, 3.8) is 0 Å². The Morgan fingerprint density at radius 1 is 1.47 bits per heavy atom. The zero-order chi connectivity index (χ0) is 13.7. The lowest BCUT2D eigenvalue weighted by atomic mass is 10.2. The molecule has 1 heterocycles. The molecule has 108 valence electrons. The summed E-state index contributed by atoms with van der Waals surface area (Å²) in [7, 11) is 4.06. The molecule has 1 N–H and O–H groups in total. The third-order valence-electron chi connectivity index (χ3n) is 3.53. The number of ether oxygens (including phenoxy) is 1. The molecule has 0 aliphatic heterocycles. The fourth-order valence-electron chi connectivity index (χ4n) is 2.13. The summed E-state index contributed by atoms with van der Waals surface area (Å²) in [5, 5.41) is 3.11. The van der Waals surface area contributed by atoms with Gasteiger partial charge in [-0.05, 0) is 45.8 Å². The first-order valence-electron chi connectivity index (χ1n) is 7.18. The molecular weight excluding hydrogens is 240 g/mol. The zero-order valence-corrected chi connectivity index (χ0v) is 12.4. The van der Waals surface area contributed by atoms with Crippen LogP contribution in [0.4, 0.5) is 0 Å². The van der Waals surface area contributed by atoms with Crippen molar-refractivity contribution in [1.82, 2.24) is 10.2 Å². The van der Waals surface area contributed by atoms with Crippen molar-refractivity contribution in [2.75, 3.05) is 33.9 Å². The van der Waals surface area contributed by atoms with Gasteiger partial charge < -0.3 is 14.5 Å². The van der Waals surface area contributed by atoms with Gasteiger partial charge in [0.25, 0.3) is 0 Å². The summed E-state index contributed by atoms with van der Waals surface area (Å²) in [4.78, 5) is 2.29. The molecule has 1 aromatic heterocycles. The van der Waals surface area contributed by atoms with E-state index in [1.54, 1.807) is 0 Å². The maximum absolute atomic E-state index is 5.70. The summed E-state index contributed by atoms with van der Waals surface area (Å²) in [6.07, 6.45) is 2.72. The van der Waals surface area contributed by atoms with E-state index < -0.39 is 0 Å². The van der Waals surface area contributed by atoms with Gasteiger partial charge in [-0.3, -0.25) is 4.90 Å². The summed E-state index contributed by atoms with van der Waals surface area (Å²) in [6.45, 7) is 6.49. The minimum Gasteiger partial charge on any atom is -0.465 e. The summed E-state index contributed by atoms with van der Waals surface area (Å²) in [5.74, 6) is 2.88. The largest absolute Gasteiger partial charge is 0.465 e. The standard InChI is InChI=1S/C15H26N2O2/c1-12-14(8-15(19-12)9-16-2)10-17(3)6-7-18-11-13-4-5-13/h8,13,16H,4-7,9-11H2,1-3H3. The molecule has 0 spiro atoms. The van der Waals surface area contributed by atoms with Crippen LogP contribution in [0, 0.1) is 12.8 Å². The lowest BCUT2D eigenvalue weighted by Gasteiger charge is -2.16. The van der Waals surface area contributed by atoms with Crippen LogP contribution in [0.3, 0.4) is 0 Å². The summed E-state index contributed by atoms with van der Waals surface area (Å²) < 4.78 is 11.4. The monoisotopic (exact) mass is 266 g/mol. The predicted octanol–water partition coefficient (Wildman–Crippen LogP) is 2.17. The molecule has 0 atom stereocenters. The number of aryl methyl sites for hydroxylation is 1. The SMILES string of the molecule is CNCc1cc(CN(C)CCOCC2CC2)c(C)o1. The minimum absolute atomic E-state index is 0.787. The molecule has 1 aliphatic rings. The molecule has 0 amide bonds. The molecule has 0 bridgehead atoms. The van der Waals surface area contributed by atoms with Crippen molar-refractivity contribution in [1.29, 1.82) is 0 Å². The fraction of sp³-hybridized carbons (Fsp3) is 0.733. The van der Waals surface area contributed by atoms with E-state index in [0.29, 0.717) is 0 Å². The Bertz CT molecular complexity index is 385. The summed E-state index contributed by atoms with van der Waals surface area (Å²) in [5.41, 5.74) is 1.27. The molecule has 19 heavy (non-hydrogen) atoms. The molecule has 1 aromatic rings. The van der Waals surface area contributed by atoms with E-state index in [4.69, 9.17) is 9.15 Å². The van der Waals surface area contributed by atoms with Crippen molar-refractivity contribution in [2.45, 2.75) is 32.9 Å². The Hall–Kier alpha value is -0.840. The molecule has 4 heteroatoms. The van der Waals surface area contributed by atoms with Gasteiger partial charge in [0.15, 0.2) is 0 Å². The van der Waals surface area contributed by atoms with Crippen LogP contribution in [0.2, 0.25) is 0 Å². The number of hydrogen-bond acceptors (Lipinski definition) is 4. The highest BCUT2D eigenvalue weighted by Gasteiger charge is 2.21. The highest BCUT2D eigenvalue weighted by Crippen LogP contribution is 2.28. The van der Waals surface area contributed by atoms with Crippen molar-refractivity contribution in [3.05, 3.63) is 23.2 Å². The third kappa shape index (κ3) is 4.97. The first kappa shape index (κ1) is 14.6. The van der Waals surface area contributed by atoms with E-state index in [9.17, 15) is 0 Å². The van der Waals surface area contributed by atoms with Crippen LogP contribution in [-0.2, 0) is 17.8 Å². The third-order valence-corrected chi connectivity index (χ3v) is 3.53. The van der Waals surface area contributed by atoms with Gasteiger partial charge >= 0.3 is 0 Å². The second kappa shape index (κ2) is 7.08. The first-order valence-corrected chi connectivity index (χ1v) is 7.18. The van der Waals surface area contributed by atoms with E-state index in [0.717, 1.165) is 50.3 Å². The molecule has 2 rings (SSSR count). The number of nitrogens with zero attached hydrogens (tertiary/aromatic N) is 1. The Labute approximate surface area is 116 Å². The number of nitrogens with one attached hydrogen (secondary N) is 1. The predicted molar refractivity (Wildman–Crippen MR) is 76.1 cm³/mol. The van der Waals surface area contributed by atoms with E-state index in [1.165, 1.54) is 18.4 Å². The molecule has 1 fully saturated rings. The van der Waals surface area contributed by atoms with Crippen LogP contribution in [0.15, 0.2) is 10.5 Å². The summed E-state index contributed by atoms with van der Waals surface area (Å²) >= 11 is 0. The van der Waals surface area contributed by atoms with E-state index in [-0.39, 0.29) is 0 Å². The van der Waals surface area contributed by atoms with Crippen molar-refractivity contribution in [3.8, 4) is 0 Å². The lowest BCUT2D eigenvalue weighted by molar-refractivity contribution is 0.102. The first-order chi connectivity index (χ1) is 9.19. The van der Waals surface area contributed by atoms with E-state index in [1.807, 2.05) is 14.0 Å². The highest BCUT2D eigenvalue weighted by atomic mass is 16.5. The Morgan fingerprint density at radius 3 is 2.95 bits per heavy atom. The van der Waals surface area contributed by atoms with Gasteiger partial charge in [0.05, 0.1) is 13.2 Å². The average molecular weight is 266 g/mol. The smallest absolute Gasteiger partial charge is 0.118 e. The fourth-order valence-corrected chi connectivity index (χ4v) is 2.13. The van der Waals surface area contributed by atoms with E-state index in [2.05, 4.69) is 23.3 Å². The Kier molecular flexibility index (Phi) is 5.43. The molecule has 1 aliphatic carbocycles. The number of hydrogen-bond donors (Lipinski definition) is 1. The zero-order valence-electron chi connectivity index (χ0n) is 12.4. The van der Waals surface area contributed by atoms with Gasteiger partial charge in [0, 0.05) is 25.3 Å². The van der Waals surface area contributed by atoms with Crippen molar-refractivity contribution >= 4 is 0 Å². The summed E-state index contributed by atoms with van der Waals surface area (Å²) in [6, 6.07) is 2.15. The van der Waals surface area contributed by atoms with Gasteiger partial charge in [-0.25, -0.2) is 0 Å². The molecule has 0 unspecified atom stereocenters. The van der Waals surface area contributed by atoms with Crippen LogP contribution >= 0.6 is 0 Å². The maximum Gasteiger partial charge on any atom is 0.118 e. The molecule has 1 saturated carbocycles. The molecule has 0 radical (unpaired) electrons. The van der Waals surface area contributed by atoms with Gasteiger partial charge in [-0.1, -0.05) is 0 Å². The quantitative estimate of drug-likeness (QED) is 0.695. The van der Waals surface area contributed by atoms with Crippen LogP contribution in [0.1, 0.15) is 29.9 Å². The lowest BCUT2D eigenvalue weighted by Crippen LogP contribution is -2.23. The molecular formula is C15H26N2O2. The Balaban J connectivity index is 1.69.